The van der Waals surface area contributed by atoms with Crippen LogP contribution in [-0.4, -0.2) is 48.2 Å². The molecule has 0 aliphatic rings. The van der Waals surface area contributed by atoms with Crippen LogP contribution in [0.4, 0.5) is 0 Å². The Labute approximate surface area is 336 Å². The maximum atomic E-state index is 11.5. The molecule has 0 aromatic carbocycles. The highest BCUT2D eigenvalue weighted by atomic mass is 16.2. The molecule has 0 radical (unpaired) electrons. The number of nitrogens with one attached hydrogen (secondary N) is 2. The van der Waals surface area contributed by atoms with Crippen molar-refractivity contribution in [1.82, 2.24) is 10.6 Å². The standard InChI is InChI=1S/C16H31NO2.C13H26O.C9H19NO.C9H18O/c1-13(2)9-7-5-6-8-10-16(19)17-12-11-15(18)14(3)4;1-11(2)9-7-5-6-8-10-13(14)12(3)4;1-7(2)9(11)5-6-10-8(3)4;1-7(2)5-6-9(10)8(3)4/h13-14H,5-12H2,1-4H3,(H,17,19);11-12H,5-10H2,1-4H3;7-8,10H,5-6H2,1-4H3;7-8H,5-6H2,1-4H3. The maximum absolute atomic E-state index is 11.5. The molecule has 322 valence electrons. The Balaban J connectivity index is -0.000000319. The molecule has 0 spiro atoms. The van der Waals surface area contributed by atoms with Gasteiger partial charge in [0, 0.05) is 74.9 Å². The van der Waals surface area contributed by atoms with Crippen molar-refractivity contribution >= 4 is 29.0 Å². The SMILES string of the molecule is CC(C)CCC(=O)C(C)C.CC(C)CCCCCCC(=O)C(C)C.CC(C)CCCCCCC(=O)NCCC(=O)C(C)C.CC(C)NCCC(=O)C(C)C. The number of carbonyl (C=O) groups excluding carboxylic acids is 5. The first-order valence-electron chi connectivity index (χ1n) is 22.2. The average molecular weight is 767 g/mol. The van der Waals surface area contributed by atoms with Crippen molar-refractivity contribution in [3.8, 4) is 0 Å². The van der Waals surface area contributed by atoms with Gasteiger partial charge in [0.25, 0.3) is 0 Å². The summed E-state index contributed by atoms with van der Waals surface area (Å²) in [6.45, 7) is 34.3. The average Bonchev–Trinajstić information content (AvgIpc) is 3.06. The van der Waals surface area contributed by atoms with E-state index in [4.69, 9.17) is 0 Å². The van der Waals surface area contributed by atoms with Gasteiger partial charge in [-0.1, -0.05) is 162 Å². The predicted molar refractivity (Wildman–Crippen MR) is 234 cm³/mol. The number of ketones is 4. The second-order valence-electron chi connectivity index (χ2n) is 18.1. The van der Waals surface area contributed by atoms with Crippen LogP contribution in [0.25, 0.3) is 0 Å². The van der Waals surface area contributed by atoms with Crippen molar-refractivity contribution < 1.29 is 24.0 Å². The van der Waals surface area contributed by atoms with E-state index in [1.807, 2.05) is 55.4 Å². The van der Waals surface area contributed by atoms with Gasteiger partial charge in [-0.2, -0.15) is 0 Å². The van der Waals surface area contributed by atoms with Crippen LogP contribution in [0.15, 0.2) is 0 Å². The first-order valence-corrected chi connectivity index (χ1v) is 22.2. The van der Waals surface area contributed by atoms with E-state index >= 15 is 0 Å². The molecule has 0 aromatic heterocycles. The van der Waals surface area contributed by atoms with Crippen molar-refractivity contribution in [2.45, 2.75) is 220 Å². The summed E-state index contributed by atoms with van der Waals surface area (Å²) >= 11 is 0. The molecular formula is C47H94N2O5. The monoisotopic (exact) mass is 767 g/mol. The molecule has 0 saturated heterocycles. The van der Waals surface area contributed by atoms with E-state index < -0.39 is 0 Å². The number of unbranched alkanes of at least 4 members (excludes halogenated alkanes) is 6. The third-order valence-corrected chi connectivity index (χ3v) is 9.05. The van der Waals surface area contributed by atoms with Crippen LogP contribution in [0.1, 0.15) is 214 Å². The van der Waals surface area contributed by atoms with Gasteiger partial charge in [-0.25, -0.2) is 0 Å². The van der Waals surface area contributed by atoms with E-state index in [9.17, 15) is 24.0 Å². The quantitative estimate of drug-likeness (QED) is 0.0767. The molecule has 0 unspecified atom stereocenters. The van der Waals surface area contributed by atoms with Gasteiger partial charge >= 0.3 is 0 Å². The summed E-state index contributed by atoms with van der Waals surface area (Å²) in [6.07, 6.45) is 16.4. The summed E-state index contributed by atoms with van der Waals surface area (Å²) in [7, 11) is 0. The first kappa shape index (κ1) is 58.8. The van der Waals surface area contributed by atoms with Crippen LogP contribution in [-0.2, 0) is 24.0 Å². The molecule has 0 fully saturated rings. The van der Waals surface area contributed by atoms with Crippen LogP contribution in [0.3, 0.4) is 0 Å². The molecule has 0 saturated carbocycles. The molecule has 0 atom stereocenters. The molecule has 0 aliphatic heterocycles. The molecule has 54 heavy (non-hydrogen) atoms. The van der Waals surface area contributed by atoms with Crippen molar-refractivity contribution in [2.24, 2.45) is 41.4 Å². The lowest BCUT2D eigenvalue weighted by atomic mass is 10.00. The molecule has 2 N–H and O–H groups in total. The highest BCUT2D eigenvalue weighted by Gasteiger charge is 2.09. The first-order chi connectivity index (χ1) is 25.0. The Morgan fingerprint density at radius 1 is 0.352 bits per heavy atom. The van der Waals surface area contributed by atoms with Gasteiger partial charge in [-0.05, 0) is 37.0 Å². The zero-order valence-electron chi connectivity index (χ0n) is 38.9. The van der Waals surface area contributed by atoms with Crippen LogP contribution < -0.4 is 10.6 Å². The van der Waals surface area contributed by atoms with Crippen LogP contribution >= 0.6 is 0 Å². The van der Waals surface area contributed by atoms with Gasteiger partial charge in [0.05, 0.1) is 0 Å². The minimum absolute atomic E-state index is 0.0675. The highest BCUT2D eigenvalue weighted by Crippen LogP contribution is 2.13. The number of hydrogen-bond donors (Lipinski definition) is 2. The summed E-state index contributed by atoms with van der Waals surface area (Å²) in [5.74, 6) is 4.43. The number of amides is 1. The minimum atomic E-state index is 0.0675. The molecule has 0 bridgehead atoms. The van der Waals surface area contributed by atoms with Gasteiger partial charge in [-0.3, -0.25) is 24.0 Å². The van der Waals surface area contributed by atoms with Crippen molar-refractivity contribution in [3.05, 3.63) is 0 Å². The van der Waals surface area contributed by atoms with Crippen LogP contribution in [0, 0.1) is 41.4 Å². The van der Waals surface area contributed by atoms with Gasteiger partial charge in [-0.15, -0.1) is 0 Å². The van der Waals surface area contributed by atoms with Crippen LogP contribution in [0.5, 0.6) is 0 Å². The fourth-order valence-electron chi connectivity index (χ4n) is 4.88. The van der Waals surface area contributed by atoms with Crippen molar-refractivity contribution in [1.29, 1.82) is 0 Å². The second kappa shape index (κ2) is 39.3. The molecule has 7 heteroatoms. The Bertz CT molecular complexity index is 919. The topological polar surface area (TPSA) is 109 Å². The molecule has 0 rings (SSSR count). The molecule has 0 aromatic rings. The zero-order valence-corrected chi connectivity index (χ0v) is 38.9. The third kappa shape index (κ3) is 50.1. The van der Waals surface area contributed by atoms with E-state index in [0.29, 0.717) is 55.1 Å². The number of hydrogen-bond acceptors (Lipinski definition) is 6. The molecule has 1 amide bonds. The van der Waals surface area contributed by atoms with Gasteiger partial charge in [0.15, 0.2) is 0 Å². The Morgan fingerprint density at radius 3 is 1.06 bits per heavy atom. The van der Waals surface area contributed by atoms with Gasteiger partial charge in [0.1, 0.15) is 23.1 Å². The van der Waals surface area contributed by atoms with E-state index in [-0.39, 0.29) is 35.4 Å². The zero-order chi connectivity index (χ0) is 42.6. The third-order valence-electron chi connectivity index (χ3n) is 9.05. The fraction of sp³-hybridized carbons (Fsp3) is 0.894. The summed E-state index contributed by atoms with van der Waals surface area (Å²) < 4.78 is 0. The predicted octanol–water partition coefficient (Wildman–Crippen LogP) is 12.2. The summed E-state index contributed by atoms with van der Waals surface area (Å²) in [4.78, 5) is 56.3. The van der Waals surface area contributed by atoms with Gasteiger partial charge < -0.3 is 10.6 Å². The van der Waals surface area contributed by atoms with Crippen molar-refractivity contribution in [3.63, 3.8) is 0 Å². The highest BCUT2D eigenvalue weighted by molar-refractivity contribution is 5.82. The lowest BCUT2D eigenvalue weighted by molar-refractivity contribution is -0.123. The fourth-order valence-corrected chi connectivity index (χ4v) is 4.88. The van der Waals surface area contributed by atoms with Gasteiger partial charge in [0.2, 0.25) is 5.91 Å². The number of carbonyl (C=O) groups is 5. The Kier molecular flexibility index (Phi) is 42.9. The normalized spacial score (nSPS) is 11.1. The Hall–Kier alpha value is -1.89. The lowest BCUT2D eigenvalue weighted by Gasteiger charge is -2.08. The van der Waals surface area contributed by atoms with Crippen LogP contribution in [0.2, 0.25) is 0 Å². The molecule has 0 heterocycles. The van der Waals surface area contributed by atoms with E-state index in [0.717, 1.165) is 56.9 Å². The minimum Gasteiger partial charge on any atom is -0.356 e. The molecule has 7 nitrogen and oxygen atoms in total. The smallest absolute Gasteiger partial charge is 0.220 e. The number of Topliss-reactive ketones (excluding diaryl/α,β-unsaturated/α-hetero) is 4. The van der Waals surface area contributed by atoms with Crippen molar-refractivity contribution in [2.75, 3.05) is 13.1 Å². The molecule has 0 aliphatic carbocycles. The lowest BCUT2D eigenvalue weighted by Crippen LogP contribution is -2.26. The summed E-state index contributed by atoms with van der Waals surface area (Å²) in [5, 5.41) is 6.03. The maximum Gasteiger partial charge on any atom is 0.220 e. The second-order valence-corrected chi connectivity index (χ2v) is 18.1. The summed E-state index contributed by atoms with van der Waals surface area (Å²) in [5.41, 5.74) is 0. The largest absolute Gasteiger partial charge is 0.356 e. The van der Waals surface area contributed by atoms with E-state index in [1.54, 1.807) is 0 Å². The van der Waals surface area contributed by atoms with E-state index in [1.165, 1.54) is 44.9 Å². The van der Waals surface area contributed by atoms with E-state index in [2.05, 4.69) is 66.0 Å². The Morgan fingerprint density at radius 2 is 0.685 bits per heavy atom. The number of rotatable bonds is 28. The molecular weight excluding hydrogens is 673 g/mol. The summed E-state index contributed by atoms with van der Waals surface area (Å²) in [6, 6.07) is 0.481.